The second-order valence-corrected chi connectivity index (χ2v) is 3.39. The first-order chi connectivity index (χ1) is 6.65. The summed E-state index contributed by atoms with van der Waals surface area (Å²) in [6.07, 6.45) is 2.64. The van der Waals surface area contributed by atoms with Gasteiger partial charge >= 0.3 is 0 Å². The van der Waals surface area contributed by atoms with Gasteiger partial charge < -0.3 is 5.11 Å². The van der Waals surface area contributed by atoms with E-state index in [1.807, 2.05) is 0 Å². The zero-order chi connectivity index (χ0) is 10.6. The highest BCUT2D eigenvalue weighted by Gasteiger charge is 2.07. The molecule has 76 valence electrons. The first-order valence-corrected chi connectivity index (χ1v) is 4.70. The van der Waals surface area contributed by atoms with Crippen LogP contribution in [-0.2, 0) is 0 Å². The van der Waals surface area contributed by atoms with Crippen molar-refractivity contribution in [1.82, 2.24) is 0 Å². The number of aryl methyl sites for hydroxylation is 1. The average molecular weight is 194 g/mol. The van der Waals surface area contributed by atoms with E-state index in [1.165, 1.54) is 6.07 Å². The molecular formula is C12H15FO. The summed E-state index contributed by atoms with van der Waals surface area (Å²) in [7, 11) is 0. The Bertz CT molecular complexity index is 320. The zero-order valence-corrected chi connectivity index (χ0v) is 8.33. The molecule has 0 radical (unpaired) electrons. The molecular weight excluding hydrogens is 179 g/mol. The maximum atomic E-state index is 12.9. The molecule has 0 saturated carbocycles. The number of hydrogen-bond donors (Lipinski definition) is 1. The first kappa shape index (κ1) is 10.9. The molecule has 1 atom stereocenters. The van der Waals surface area contributed by atoms with Gasteiger partial charge in [0.25, 0.3) is 0 Å². The molecule has 0 fully saturated rings. The minimum Gasteiger partial charge on any atom is -0.388 e. The van der Waals surface area contributed by atoms with Crippen LogP contribution in [0.1, 0.15) is 30.1 Å². The number of allylic oxidation sites excluding steroid dienone is 1. The fraction of sp³-hybridized carbons (Fsp3) is 0.333. The Balaban J connectivity index is 2.75. The Morgan fingerprint density at radius 1 is 1.57 bits per heavy atom. The Morgan fingerprint density at radius 2 is 2.29 bits per heavy atom. The normalized spacial score (nSPS) is 12.5. The van der Waals surface area contributed by atoms with Gasteiger partial charge in [-0.15, -0.1) is 6.58 Å². The molecule has 0 saturated heterocycles. The van der Waals surface area contributed by atoms with E-state index in [0.717, 1.165) is 12.0 Å². The van der Waals surface area contributed by atoms with Crippen LogP contribution in [0.2, 0.25) is 0 Å². The predicted octanol–water partition coefficient (Wildman–Crippen LogP) is 3.13. The molecule has 0 aliphatic carbocycles. The van der Waals surface area contributed by atoms with E-state index in [4.69, 9.17) is 0 Å². The first-order valence-electron chi connectivity index (χ1n) is 4.70. The number of halogens is 1. The van der Waals surface area contributed by atoms with Crippen LogP contribution in [0.3, 0.4) is 0 Å². The minimum absolute atomic E-state index is 0.232. The molecule has 1 unspecified atom stereocenters. The SMILES string of the molecule is C=CCCC(O)c1ccc(F)c(C)c1. The van der Waals surface area contributed by atoms with Crippen LogP contribution in [-0.4, -0.2) is 5.11 Å². The van der Waals surface area contributed by atoms with Gasteiger partial charge in [0.15, 0.2) is 0 Å². The van der Waals surface area contributed by atoms with Crippen molar-refractivity contribution < 1.29 is 9.50 Å². The fourth-order valence-corrected chi connectivity index (χ4v) is 1.32. The molecule has 0 aliphatic rings. The van der Waals surface area contributed by atoms with E-state index < -0.39 is 6.10 Å². The van der Waals surface area contributed by atoms with Crippen molar-refractivity contribution in [3.8, 4) is 0 Å². The lowest BCUT2D eigenvalue weighted by Crippen LogP contribution is -1.98. The van der Waals surface area contributed by atoms with Crippen LogP contribution in [0.5, 0.6) is 0 Å². The van der Waals surface area contributed by atoms with Crippen molar-refractivity contribution in [2.75, 3.05) is 0 Å². The molecule has 0 spiro atoms. The number of aliphatic hydroxyl groups excluding tert-OH is 1. The van der Waals surface area contributed by atoms with E-state index in [1.54, 1.807) is 25.1 Å². The molecule has 0 heterocycles. The maximum absolute atomic E-state index is 12.9. The third kappa shape index (κ3) is 2.67. The number of aliphatic hydroxyl groups is 1. The summed E-state index contributed by atoms with van der Waals surface area (Å²) in [5.74, 6) is -0.232. The minimum atomic E-state index is -0.521. The summed E-state index contributed by atoms with van der Waals surface area (Å²) in [6, 6.07) is 4.70. The highest BCUT2D eigenvalue weighted by molar-refractivity contribution is 5.25. The van der Waals surface area contributed by atoms with Gasteiger partial charge in [-0.1, -0.05) is 18.2 Å². The Hall–Kier alpha value is -1.15. The van der Waals surface area contributed by atoms with Crippen molar-refractivity contribution in [1.29, 1.82) is 0 Å². The van der Waals surface area contributed by atoms with Gasteiger partial charge in [-0.05, 0) is 37.0 Å². The second-order valence-electron chi connectivity index (χ2n) is 3.39. The largest absolute Gasteiger partial charge is 0.388 e. The molecule has 0 aromatic heterocycles. The number of benzene rings is 1. The highest BCUT2D eigenvalue weighted by atomic mass is 19.1. The molecule has 1 aromatic carbocycles. The van der Waals surface area contributed by atoms with Crippen LogP contribution in [0, 0.1) is 12.7 Å². The van der Waals surface area contributed by atoms with E-state index in [-0.39, 0.29) is 5.82 Å². The molecule has 0 aliphatic heterocycles. The van der Waals surface area contributed by atoms with Gasteiger partial charge in [-0.3, -0.25) is 0 Å². The molecule has 1 N–H and O–H groups in total. The van der Waals surface area contributed by atoms with E-state index >= 15 is 0 Å². The smallest absolute Gasteiger partial charge is 0.126 e. The van der Waals surface area contributed by atoms with Gasteiger partial charge in [0.2, 0.25) is 0 Å². The lowest BCUT2D eigenvalue weighted by molar-refractivity contribution is 0.168. The summed E-state index contributed by atoms with van der Waals surface area (Å²) in [5, 5.41) is 9.70. The van der Waals surface area contributed by atoms with Crippen LogP contribution in [0.4, 0.5) is 4.39 Å². The summed E-state index contributed by atoms with van der Waals surface area (Å²) < 4.78 is 12.9. The van der Waals surface area contributed by atoms with Crippen molar-refractivity contribution in [2.24, 2.45) is 0 Å². The van der Waals surface area contributed by atoms with Crippen molar-refractivity contribution >= 4 is 0 Å². The summed E-state index contributed by atoms with van der Waals surface area (Å²) in [5.41, 5.74) is 1.34. The van der Waals surface area contributed by atoms with E-state index in [2.05, 4.69) is 6.58 Å². The van der Waals surface area contributed by atoms with Crippen molar-refractivity contribution in [3.63, 3.8) is 0 Å². The fourth-order valence-electron chi connectivity index (χ4n) is 1.32. The molecule has 1 aromatic rings. The zero-order valence-electron chi connectivity index (χ0n) is 8.33. The van der Waals surface area contributed by atoms with Gasteiger partial charge in [-0.25, -0.2) is 4.39 Å². The van der Waals surface area contributed by atoms with E-state index in [9.17, 15) is 9.50 Å². The molecule has 14 heavy (non-hydrogen) atoms. The van der Waals surface area contributed by atoms with Crippen LogP contribution < -0.4 is 0 Å². The lowest BCUT2D eigenvalue weighted by Gasteiger charge is -2.10. The highest BCUT2D eigenvalue weighted by Crippen LogP contribution is 2.20. The third-order valence-corrected chi connectivity index (χ3v) is 2.21. The average Bonchev–Trinajstić information content (AvgIpc) is 2.18. The summed E-state index contributed by atoms with van der Waals surface area (Å²) >= 11 is 0. The van der Waals surface area contributed by atoms with Crippen molar-refractivity contribution in [3.05, 3.63) is 47.8 Å². The van der Waals surface area contributed by atoms with Crippen LogP contribution in [0.25, 0.3) is 0 Å². The van der Waals surface area contributed by atoms with Gasteiger partial charge in [0.1, 0.15) is 5.82 Å². The van der Waals surface area contributed by atoms with Crippen molar-refractivity contribution in [2.45, 2.75) is 25.9 Å². The predicted molar refractivity (Wildman–Crippen MR) is 55.5 cm³/mol. The topological polar surface area (TPSA) is 20.2 Å². The third-order valence-electron chi connectivity index (χ3n) is 2.21. The van der Waals surface area contributed by atoms with E-state index in [0.29, 0.717) is 12.0 Å². The Labute approximate surface area is 83.9 Å². The van der Waals surface area contributed by atoms with Gasteiger partial charge in [0, 0.05) is 0 Å². The molecule has 1 rings (SSSR count). The van der Waals surface area contributed by atoms with Crippen LogP contribution >= 0.6 is 0 Å². The second kappa shape index (κ2) is 4.91. The van der Waals surface area contributed by atoms with Gasteiger partial charge in [-0.2, -0.15) is 0 Å². The monoisotopic (exact) mass is 194 g/mol. The number of rotatable bonds is 4. The van der Waals surface area contributed by atoms with Crippen LogP contribution in [0.15, 0.2) is 30.9 Å². The summed E-state index contributed by atoms with van der Waals surface area (Å²) in [4.78, 5) is 0. The lowest BCUT2D eigenvalue weighted by atomic mass is 10.0. The molecule has 2 heteroatoms. The Morgan fingerprint density at radius 3 is 2.86 bits per heavy atom. The maximum Gasteiger partial charge on any atom is 0.126 e. The summed E-state index contributed by atoms with van der Waals surface area (Å²) in [6.45, 7) is 5.28. The quantitative estimate of drug-likeness (QED) is 0.730. The molecule has 0 bridgehead atoms. The molecule has 0 amide bonds. The standard InChI is InChI=1S/C12H15FO/c1-3-4-5-12(14)10-6-7-11(13)9(2)8-10/h3,6-8,12,14H,1,4-5H2,2H3. The molecule has 1 nitrogen and oxygen atoms in total. The Kier molecular flexibility index (Phi) is 3.84. The number of hydrogen-bond acceptors (Lipinski definition) is 1. The van der Waals surface area contributed by atoms with Gasteiger partial charge in [0.05, 0.1) is 6.10 Å².